The van der Waals surface area contributed by atoms with E-state index >= 15 is 0 Å². The third-order valence-corrected chi connectivity index (χ3v) is 4.85. The zero-order chi connectivity index (χ0) is 12.4. The average Bonchev–Trinajstić information content (AvgIpc) is 3.01. The van der Waals surface area contributed by atoms with E-state index < -0.39 is 0 Å². The van der Waals surface area contributed by atoms with Crippen LogP contribution in [0.1, 0.15) is 33.5 Å². The Morgan fingerprint density at radius 1 is 1.33 bits per heavy atom. The Morgan fingerprint density at radius 3 is 2.89 bits per heavy atom. The maximum atomic E-state index is 4.77. The van der Waals surface area contributed by atoms with E-state index in [1.165, 1.54) is 27.6 Å². The molecule has 1 atom stereocenters. The van der Waals surface area contributed by atoms with Crippen molar-refractivity contribution in [2.45, 2.75) is 25.7 Å². The van der Waals surface area contributed by atoms with Gasteiger partial charge in [-0.3, -0.25) is 0 Å². The third kappa shape index (κ3) is 2.47. The molecule has 1 aliphatic rings. The predicted octanol–water partition coefficient (Wildman–Crippen LogP) is 3.12. The van der Waals surface area contributed by atoms with Gasteiger partial charge in [-0.1, -0.05) is 30.3 Å². The summed E-state index contributed by atoms with van der Waals surface area (Å²) in [4.78, 5) is 6.19. The van der Waals surface area contributed by atoms with Crippen LogP contribution in [0.5, 0.6) is 0 Å². The minimum absolute atomic E-state index is 0.637. The van der Waals surface area contributed by atoms with Gasteiger partial charge in [-0.25, -0.2) is 4.98 Å². The highest BCUT2D eigenvalue weighted by Gasteiger charge is 2.21. The Hall–Kier alpha value is -1.19. The van der Waals surface area contributed by atoms with Crippen LogP contribution in [0.3, 0.4) is 0 Å². The number of hydrogen-bond acceptors (Lipinski definition) is 3. The summed E-state index contributed by atoms with van der Waals surface area (Å²) in [5, 5.41) is 4.74. The van der Waals surface area contributed by atoms with Gasteiger partial charge in [0.15, 0.2) is 0 Å². The maximum absolute atomic E-state index is 4.77. The van der Waals surface area contributed by atoms with Gasteiger partial charge < -0.3 is 5.32 Å². The molecule has 94 valence electrons. The number of hydrogen-bond donors (Lipinski definition) is 1. The first-order valence-electron chi connectivity index (χ1n) is 6.54. The van der Waals surface area contributed by atoms with E-state index in [-0.39, 0.29) is 0 Å². The van der Waals surface area contributed by atoms with Crippen molar-refractivity contribution in [2.75, 3.05) is 13.1 Å². The number of aryl methyl sites for hydroxylation is 1. The van der Waals surface area contributed by atoms with Crippen LogP contribution in [0.2, 0.25) is 0 Å². The first-order chi connectivity index (χ1) is 8.83. The van der Waals surface area contributed by atoms with Crippen LogP contribution in [-0.4, -0.2) is 18.1 Å². The number of benzene rings is 1. The lowest BCUT2D eigenvalue weighted by atomic mass is 10.1. The average molecular weight is 258 g/mol. The molecule has 1 saturated heterocycles. The highest BCUT2D eigenvalue weighted by atomic mass is 32.1. The molecule has 0 aliphatic carbocycles. The molecule has 0 bridgehead atoms. The Labute approximate surface area is 112 Å². The van der Waals surface area contributed by atoms with Gasteiger partial charge in [-0.15, -0.1) is 11.3 Å². The molecule has 1 fully saturated rings. The Kier molecular flexibility index (Phi) is 3.43. The molecule has 3 heteroatoms. The predicted molar refractivity (Wildman–Crippen MR) is 76.3 cm³/mol. The first kappa shape index (κ1) is 11.9. The summed E-state index contributed by atoms with van der Waals surface area (Å²) in [5.74, 6) is 0.637. The van der Waals surface area contributed by atoms with Crippen molar-refractivity contribution in [2.24, 2.45) is 0 Å². The molecule has 1 unspecified atom stereocenters. The number of nitrogens with one attached hydrogen (secondary N) is 1. The van der Waals surface area contributed by atoms with E-state index in [0.29, 0.717) is 5.92 Å². The van der Waals surface area contributed by atoms with Gasteiger partial charge in [0.05, 0.1) is 10.7 Å². The second-order valence-electron chi connectivity index (χ2n) is 4.91. The van der Waals surface area contributed by atoms with Crippen molar-refractivity contribution in [3.05, 3.63) is 51.5 Å². The smallest absolute Gasteiger partial charge is 0.0975 e. The molecular formula is C15H18N2S. The highest BCUT2D eigenvalue weighted by Crippen LogP contribution is 2.30. The summed E-state index contributed by atoms with van der Waals surface area (Å²) in [6.45, 7) is 4.37. The quantitative estimate of drug-likeness (QED) is 0.915. The number of rotatable bonds is 3. The molecule has 1 aliphatic heterocycles. The standard InChI is InChI=1S/C15H18N2S/c1-11-14(9-12-5-3-2-4-6-12)18-15(17-11)13-7-8-16-10-13/h2-6,13,16H,7-10H2,1H3. The summed E-state index contributed by atoms with van der Waals surface area (Å²) in [6.07, 6.45) is 2.25. The van der Waals surface area contributed by atoms with Crippen LogP contribution in [0.15, 0.2) is 30.3 Å². The molecule has 0 amide bonds. The largest absolute Gasteiger partial charge is 0.316 e. The van der Waals surface area contributed by atoms with E-state index in [9.17, 15) is 0 Å². The van der Waals surface area contributed by atoms with Crippen LogP contribution in [-0.2, 0) is 6.42 Å². The van der Waals surface area contributed by atoms with Gasteiger partial charge in [-0.2, -0.15) is 0 Å². The second kappa shape index (κ2) is 5.21. The van der Waals surface area contributed by atoms with E-state index in [0.717, 1.165) is 19.5 Å². The van der Waals surface area contributed by atoms with Crippen LogP contribution in [0, 0.1) is 6.92 Å². The Morgan fingerprint density at radius 2 is 2.17 bits per heavy atom. The van der Waals surface area contributed by atoms with E-state index in [1.807, 2.05) is 11.3 Å². The molecule has 0 saturated carbocycles. The van der Waals surface area contributed by atoms with Gasteiger partial charge >= 0.3 is 0 Å². The van der Waals surface area contributed by atoms with Crippen LogP contribution < -0.4 is 5.32 Å². The minimum Gasteiger partial charge on any atom is -0.316 e. The van der Waals surface area contributed by atoms with Gasteiger partial charge in [0.25, 0.3) is 0 Å². The monoisotopic (exact) mass is 258 g/mol. The van der Waals surface area contributed by atoms with Crippen molar-refractivity contribution >= 4 is 11.3 Å². The lowest BCUT2D eigenvalue weighted by molar-refractivity contribution is 0.752. The normalized spacial score (nSPS) is 19.3. The van der Waals surface area contributed by atoms with Crippen LogP contribution in [0.25, 0.3) is 0 Å². The lowest BCUT2D eigenvalue weighted by Crippen LogP contribution is -2.07. The zero-order valence-electron chi connectivity index (χ0n) is 10.6. The second-order valence-corrected chi connectivity index (χ2v) is 6.03. The molecule has 18 heavy (non-hydrogen) atoms. The fraction of sp³-hybridized carbons (Fsp3) is 0.400. The molecule has 1 N–H and O–H groups in total. The molecule has 1 aromatic heterocycles. The number of aromatic nitrogens is 1. The summed E-state index contributed by atoms with van der Waals surface area (Å²) >= 11 is 1.90. The summed E-state index contributed by atoms with van der Waals surface area (Å²) < 4.78 is 0. The summed E-state index contributed by atoms with van der Waals surface area (Å²) in [6, 6.07) is 10.7. The molecule has 3 rings (SSSR count). The molecule has 2 aromatic rings. The van der Waals surface area contributed by atoms with Crippen molar-refractivity contribution in [1.29, 1.82) is 0 Å². The van der Waals surface area contributed by atoms with Crippen molar-refractivity contribution in [3.8, 4) is 0 Å². The highest BCUT2D eigenvalue weighted by molar-refractivity contribution is 7.11. The van der Waals surface area contributed by atoms with E-state index in [1.54, 1.807) is 0 Å². The van der Waals surface area contributed by atoms with Crippen molar-refractivity contribution < 1.29 is 0 Å². The Bertz CT molecular complexity index is 513. The molecule has 1 aromatic carbocycles. The maximum Gasteiger partial charge on any atom is 0.0975 e. The van der Waals surface area contributed by atoms with Crippen molar-refractivity contribution in [3.63, 3.8) is 0 Å². The Balaban J connectivity index is 1.80. The number of thiazole rings is 1. The summed E-state index contributed by atoms with van der Waals surface area (Å²) in [5.41, 5.74) is 2.59. The third-order valence-electron chi connectivity index (χ3n) is 3.53. The van der Waals surface area contributed by atoms with E-state index in [2.05, 4.69) is 42.6 Å². The first-order valence-corrected chi connectivity index (χ1v) is 7.35. The number of nitrogens with zero attached hydrogens (tertiary/aromatic N) is 1. The molecule has 2 heterocycles. The van der Waals surface area contributed by atoms with Crippen LogP contribution in [0.4, 0.5) is 0 Å². The summed E-state index contributed by atoms with van der Waals surface area (Å²) in [7, 11) is 0. The lowest BCUT2D eigenvalue weighted by Gasteiger charge is -2.01. The fourth-order valence-corrected chi connectivity index (χ4v) is 3.67. The van der Waals surface area contributed by atoms with Crippen molar-refractivity contribution in [1.82, 2.24) is 10.3 Å². The van der Waals surface area contributed by atoms with E-state index in [4.69, 9.17) is 4.98 Å². The van der Waals surface area contributed by atoms with Gasteiger partial charge in [-0.05, 0) is 25.5 Å². The fourth-order valence-electron chi connectivity index (χ4n) is 2.44. The molecule has 0 spiro atoms. The molecule has 0 radical (unpaired) electrons. The van der Waals surface area contributed by atoms with Gasteiger partial charge in [0.2, 0.25) is 0 Å². The SMILES string of the molecule is Cc1nc(C2CCNC2)sc1Cc1ccccc1. The topological polar surface area (TPSA) is 24.9 Å². The molecular weight excluding hydrogens is 240 g/mol. The van der Waals surface area contributed by atoms with Gasteiger partial charge in [0, 0.05) is 23.8 Å². The van der Waals surface area contributed by atoms with Gasteiger partial charge in [0.1, 0.15) is 0 Å². The van der Waals surface area contributed by atoms with Crippen LogP contribution >= 0.6 is 11.3 Å². The minimum atomic E-state index is 0.637. The zero-order valence-corrected chi connectivity index (χ0v) is 11.5. The molecule has 2 nitrogen and oxygen atoms in total.